The number of rotatable bonds is 6. The summed E-state index contributed by atoms with van der Waals surface area (Å²) in [5.41, 5.74) is 3.41. The van der Waals surface area contributed by atoms with Gasteiger partial charge < -0.3 is 9.15 Å². The Morgan fingerprint density at radius 3 is 3.00 bits per heavy atom. The van der Waals surface area contributed by atoms with Crippen molar-refractivity contribution < 1.29 is 9.15 Å². The molecule has 1 atom stereocenters. The molecule has 130 valence electrons. The Balaban J connectivity index is 1.40. The summed E-state index contributed by atoms with van der Waals surface area (Å²) in [4.78, 5) is 6.74. The van der Waals surface area contributed by atoms with Crippen molar-refractivity contribution in [2.75, 3.05) is 13.2 Å². The van der Waals surface area contributed by atoms with Gasteiger partial charge in [-0.05, 0) is 24.3 Å². The van der Waals surface area contributed by atoms with E-state index in [0.29, 0.717) is 19.1 Å². The molecular weight excluding hydrogens is 316 g/mol. The molecule has 3 aromatic heterocycles. The van der Waals surface area contributed by atoms with Gasteiger partial charge in [-0.2, -0.15) is 5.10 Å². The molecule has 0 saturated heterocycles. The minimum Gasteiger partial charge on any atom is -0.472 e. The Morgan fingerprint density at radius 2 is 2.16 bits per heavy atom. The third kappa shape index (κ3) is 4.15. The van der Waals surface area contributed by atoms with E-state index in [4.69, 9.17) is 9.15 Å². The van der Waals surface area contributed by atoms with E-state index >= 15 is 0 Å². The maximum Gasteiger partial charge on any atom is 0.0947 e. The number of fused-ring (bicyclic) bond motifs is 1. The highest BCUT2D eigenvalue weighted by atomic mass is 16.5. The third-order valence-corrected chi connectivity index (χ3v) is 4.45. The second kappa shape index (κ2) is 7.63. The van der Waals surface area contributed by atoms with Gasteiger partial charge in [-0.25, -0.2) is 0 Å². The minimum atomic E-state index is 0.386. The van der Waals surface area contributed by atoms with E-state index in [0.717, 1.165) is 31.9 Å². The third-order valence-electron chi connectivity index (χ3n) is 4.45. The van der Waals surface area contributed by atoms with Gasteiger partial charge in [0.1, 0.15) is 0 Å². The van der Waals surface area contributed by atoms with Crippen LogP contribution in [-0.4, -0.2) is 32.8 Å². The Morgan fingerprint density at radius 1 is 1.16 bits per heavy atom. The molecule has 0 amide bonds. The Bertz CT molecular complexity index is 770. The van der Waals surface area contributed by atoms with E-state index in [9.17, 15) is 0 Å². The zero-order valence-electron chi connectivity index (χ0n) is 14.1. The first kappa shape index (κ1) is 16.1. The van der Waals surface area contributed by atoms with Gasteiger partial charge in [-0.3, -0.25) is 14.6 Å². The van der Waals surface area contributed by atoms with Crippen LogP contribution in [0.2, 0.25) is 0 Å². The Labute approximate surface area is 147 Å². The summed E-state index contributed by atoms with van der Waals surface area (Å²) in [6.07, 6.45) is 7.22. The number of hydrogen-bond donors (Lipinski definition) is 0. The van der Waals surface area contributed by atoms with E-state index in [1.807, 2.05) is 36.7 Å². The first-order valence-corrected chi connectivity index (χ1v) is 8.58. The first-order valence-electron chi connectivity index (χ1n) is 8.58. The van der Waals surface area contributed by atoms with Crippen LogP contribution in [-0.2, 0) is 31.0 Å². The van der Waals surface area contributed by atoms with Crippen LogP contribution in [0.15, 0.2) is 59.7 Å². The fourth-order valence-corrected chi connectivity index (χ4v) is 3.30. The number of nitrogens with zero attached hydrogens (tertiary/aromatic N) is 4. The molecule has 0 radical (unpaired) electrons. The Hall–Kier alpha value is -2.44. The lowest BCUT2D eigenvalue weighted by molar-refractivity contribution is 0.0640. The van der Waals surface area contributed by atoms with Gasteiger partial charge in [0.15, 0.2) is 0 Å². The summed E-state index contributed by atoms with van der Waals surface area (Å²) >= 11 is 0. The minimum absolute atomic E-state index is 0.386. The molecule has 0 saturated carbocycles. The SMILES string of the molecule is c1ccc(COCC2CN(Cc3ccoc3)Cc3ccnn3C2)nc1. The molecular formula is C19H22N4O2. The van der Waals surface area contributed by atoms with Crippen molar-refractivity contribution in [3.05, 3.63) is 72.2 Å². The molecule has 0 spiro atoms. The van der Waals surface area contributed by atoms with Crippen LogP contribution in [0.3, 0.4) is 0 Å². The molecule has 1 aliphatic rings. The summed E-state index contributed by atoms with van der Waals surface area (Å²) in [7, 11) is 0. The molecule has 4 heterocycles. The average Bonchev–Trinajstić information content (AvgIpc) is 3.25. The summed E-state index contributed by atoms with van der Waals surface area (Å²) in [5, 5.41) is 4.47. The molecule has 0 bridgehead atoms. The molecule has 0 aliphatic carbocycles. The second-order valence-electron chi connectivity index (χ2n) is 6.51. The highest BCUT2D eigenvalue weighted by Crippen LogP contribution is 2.19. The number of hydrogen-bond acceptors (Lipinski definition) is 5. The van der Waals surface area contributed by atoms with Crippen molar-refractivity contribution in [2.45, 2.75) is 26.2 Å². The molecule has 1 unspecified atom stereocenters. The average molecular weight is 338 g/mol. The van der Waals surface area contributed by atoms with E-state index in [1.165, 1.54) is 11.3 Å². The summed E-state index contributed by atoms with van der Waals surface area (Å²) in [6, 6.07) is 10.0. The van der Waals surface area contributed by atoms with Crippen LogP contribution >= 0.6 is 0 Å². The zero-order valence-corrected chi connectivity index (χ0v) is 14.1. The van der Waals surface area contributed by atoms with Gasteiger partial charge in [-0.15, -0.1) is 0 Å². The molecule has 6 heteroatoms. The van der Waals surface area contributed by atoms with Crippen molar-refractivity contribution in [1.82, 2.24) is 19.7 Å². The van der Waals surface area contributed by atoms with Crippen LogP contribution in [0.25, 0.3) is 0 Å². The van der Waals surface area contributed by atoms with Crippen molar-refractivity contribution in [3.8, 4) is 0 Å². The van der Waals surface area contributed by atoms with Gasteiger partial charge in [0.25, 0.3) is 0 Å². The maximum absolute atomic E-state index is 5.94. The molecule has 0 fully saturated rings. The first-order chi connectivity index (χ1) is 12.4. The van der Waals surface area contributed by atoms with Gasteiger partial charge in [0.2, 0.25) is 0 Å². The fourth-order valence-electron chi connectivity index (χ4n) is 3.30. The van der Waals surface area contributed by atoms with Crippen molar-refractivity contribution >= 4 is 0 Å². The summed E-state index contributed by atoms with van der Waals surface area (Å²) in [5.74, 6) is 0.386. The summed E-state index contributed by atoms with van der Waals surface area (Å²) < 4.78 is 13.2. The standard InChI is InChI=1S/C19H22N4O2/c1-2-6-20-18(3-1)15-25-14-17-10-22(9-16-5-8-24-13-16)12-19-4-7-21-23(19)11-17/h1-8,13,17H,9-12,14-15H2. The monoisotopic (exact) mass is 338 g/mol. The van der Waals surface area contributed by atoms with Gasteiger partial charge in [0, 0.05) is 50.1 Å². The van der Waals surface area contributed by atoms with Crippen LogP contribution < -0.4 is 0 Å². The molecule has 6 nitrogen and oxygen atoms in total. The van der Waals surface area contributed by atoms with Crippen molar-refractivity contribution in [2.24, 2.45) is 5.92 Å². The Kier molecular flexibility index (Phi) is 4.90. The lowest BCUT2D eigenvalue weighted by Gasteiger charge is -2.23. The predicted molar refractivity (Wildman–Crippen MR) is 92.4 cm³/mol. The normalized spacial score (nSPS) is 18.0. The zero-order chi connectivity index (χ0) is 16.9. The number of furan rings is 1. The summed E-state index contributed by atoms with van der Waals surface area (Å²) in [6.45, 7) is 4.85. The highest BCUT2D eigenvalue weighted by Gasteiger charge is 2.22. The lowest BCUT2D eigenvalue weighted by atomic mass is 10.1. The maximum atomic E-state index is 5.94. The lowest BCUT2D eigenvalue weighted by Crippen LogP contribution is -2.30. The number of pyridine rings is 1. The molecule has 1 aliphatic heterocycles. The van der Waals surface area contributed by atoms with E-state index in [2.05, 4.69) is 25.7 Å². The highest BCUT2D eigenvalue weighted by molar-refractivity contribution is 5.07. The molecule has 3 aromatic rings. The van der Waals surface area contributed by atoms with Gasteiger partial charge in [0.05, 0.1) is 37.1 Å². The van der Waals surface area contributed by atoms with E-state index < -0.39 is 0 Å². The van der Waals surface area contributed by atoms with Crippen LogP contribution in [0.4, 0.5) is 0 Å². The number of aromatic nitrogens is 3. The molecule has 0 aromatic carbocycles. The van der Waals surface area contributed by atoms with E-state index in [1.54, 1.807) is 12.5 Å². The predicted octanol–water partition coefficient (Wildman–Crippen LogP) is 2.72. The quantitative estimate of drug-likeness (QED) is 0.692. The fraction of sp³-hybridized carbons (Fsp3) is 0.368. The van der Waals surface area contributed by atoms with Crippen LogP contribution in [0, 0.1) is 5.92 Å². The largest absolute Gasteiger partial charge is 0.472 e. The molecule has 0 N–H and O–H groups in total. The second-order valence-corrected chi connectivity index (χ2v) is 6.51. The molecule has 25 heavy (non-hydrogen) atoms. The van der Waals surface area contributed by atoms with Crippen LogP contribution in [0.5, 0.6) is 0 Å². The van der Waals surface area contributed by atoms with Crippen LogP contribution in [0.1, 0.15) is 17.0 Å². The topological polar surface area (TPSA) is 56.3 Å². The smallest absolute Gasteiger partial charge is 0.0947 e. The van der Waals surface area contributed by atoms with Gasteiger partial charge in [-0.1, -0.05) is 6.07 Å². The van der Waals surface area contributed by atoms with E-state index in [-0.39, 0.29) is 0 Å². The van der Waals surface area contributed by atoms with Gasteiger partial charge >= 0.3 is 0 Å². The molecule has 4 rings (SSSR count). The van der Waals surface area contributed by atoms with Crippen molar-refractivity contribution in [1.29, 1.82) is 0 Å². The number of ether oxygens (including phenoxy) is 1. The van der Waals surface area contributed by atoms with Crippen molar-refractivity contribution in [3.63, 3.8) is 0 Å².